The highest BCUT2D eigenvalue weighted by Gasteiger charge is 2.27. The molecule has 0 unspecified atom stereocenters. The molecule has 0 atom stereocenters. The Balaban J connectivity index is 2.39. The van der Waals surface area contributed by atoms with Gasteiger partial charge in [0, 0.05) is 12.1 Å². The van der Waals surface area contributed by atoms with E-state index < -0.39 is 0 Å². The Morgan fingerprint density at radius 2 is 2.27 bits per heavy atom. The van der Waals surface area contributed by atoms with E-state index in [1.165, 1.54) is 12.8 Å². The Morgan fingerprint density at radius 3 is 2.82 bits per heavy atom. The summed E-state index contributed by atoms with van der Waals surface area (Å²) in [6.07, 6.45) is 4.22. The highest BCUT2D eigenvalue weighted by Crippen LogP contribution is 2.41. The lowest BCUT2D eigenvalue weighted by molar-refractivity contribution is 0.967. The number of aromatic nitrogens is 2. The third-order valence-electron chi connectivity index (χ3n) is 1.84. The zero-order valence-corrected chi connectivity index (χ0v) is 7.10. The summed E-state index contributed by atoms with van der Waals surface area (Å²) in [7, 11) is 0. The van der Waals surface area contributed by atoms with E-state index in [1.54, 1.807) is 6.20 Å². The molecule has 1 fully saturated rings. The number of aryl methyl sites for hydroxylation is 1. The summed E-state index contributed by atoms with van der Waals surface area (Å²) in [5.74, 6) is 0.593. The molecule has 1 aromatic rings. The lowest BCUT2D eigenvalue weighted by Gasteiger charge is -1.99. The van der Waals surface area contributed by atoms with Crippen LogP contribution in [0.2, 0.25) is 5.15 Å². The molecule has 1 aromatic heterocycles. The second-order valence-electron chi connectivity index (χ2n) is 2.96. The molecule has 0 aliphatic heterocycles. The molecule has 2 rings (SSSR count). The number of nitrogens with zero attached hydrogens (tertiary/aromatic N) is 2. The zero-order chi connectivity index (χ0) is 7.84. The third kappa shape index (κ3) is 1.36. The van der Waals surface area contributed by atoms with Crippen molar-refractivity contribution in [2.75, 3.05) is 0 Å². The summed E-state index contributed by atoms with van der Waals surface area (Å²) < 4.78 is 0. The van der Waals surface area contributed by atoms with Crippen LogP contribution in [0, 0.1) is 6.92 Å². The molecule has 11 heavy (non-hydrogen) atoms. The van der Waals surface area contributed by atoms with Crippen LogP contribution in [0.5, 0.6) is 0 Å². The van der Waals surface area contributed by atoms with E-state index in [4.69, 9.17) is 11.6 Å². The Bertz CT molecular complexity index is 281. The van der Waals surface area contributed by atoms with Gasteiger partial charge in [-0.2, -0.15) is 0 Å². The van der Waals surface area contributed by atoms with Crippen LogP contribution in [-0.4, -0.2) is 9.97 Å². The molecule has 3 heteroatoms. The van der Waals surface area contributed by atoms with E-state index in [-0.39, 0.29) is 0 Å². The first-order valence-electron chi connectivity index (χ1n) is 3.76. The quantitative estimate of drug-likeness (QED) is 0.643. The van der Waals surface area contributed by atoms with Crippen molar-refractivity contribution in [3.63, 3.8) is 0 Å². The van der Waals surface area contributed by atoms with Crippen LogP contribution in [0.1, 0.15) is 30.1 Å². The minimum atomic E-state index is 0.590. The maximum Gasteiger partial charge on any atom is 0.151 e. The summed E-state index contributed by atoms with van der Waals surface area (Å²) in [6.45, 7) is 1.90. The fourth-order valence-corrected chi connectivity index (χ4v) is 1.42. The van der Waals surface area contributed by atoms with Crippen molar-refractivity contribution in [3.05, 3.63) is 22.7 Å². The van der Waals surface area contributed by atoms with Gasteiger partial charge in [0.2, 0.25) is 0 Å². The van der Waals surface area contributed by atoms with Crippen molar-refractivity contribution in [1.82, 2.24) is 9.97 Å². The molecule has 0 N–H and O–H groups in total. The van der Waals surface area contributed by atoms with E-state index in [2.05, 4.69) is 9.97 Å². The first-order valence-corrected chi connectivity index (χ1v) is 4.14. The van der Waals surface area contributed by atoms with E-state index in [1.807, 2.05) is 6.92 Å². The zero-order valence-electron chi connectivity index (χ0n) is 6.34. The van der Waals surface area contributed by atoms with Crippen LogP contribution in [0.15, 0.2) is 6.20 Å². The number of hydrogen-bond donors (Lipinski definition) is 0. The second-order valence-corrected chi connectivity index (χ2v) is 3.32. The first kappa shape index (κ1) is 7.04. The second kappa shape index (κ2) is 2.45. The Kier molecular flexibility index (Phi) is 1.57. The molecule has 0 radical (unpaired) electrons. The lowest BCUT2D eigenvalue weighted by Crippen LogP contribution is -1.92. The fourth-order valence-electron chi connectivity index (χ4n) is 1.09. The molecule has 0 spiro atoms. The van der Waals surface area contributed by atoms with Crippen molar-refractivity contribution in [2.24, 2.45) is 0 Å². The summed E-state index contributed by atoms with van der Waals surface area (Å²) >= 11 is 5.89. The Labute approximate surface area is 70.6 Å². The Hall–Kier alpha value is -0.630. The van der Waals surface area contributed by atoms with Crippen LogP contribution >= 0.6 is 11.6 Å². The average molecular weight is 169 g/mol. The van der Waals surface area contributed by atoms with Crippen molar-refractivity contribution in [2.45, 2.75) is 25.7 Å². The van der Waals surface area contributed by atoms with Gasteiger partial charge in [-0.25, -0.2) is 4.98 Å². The molecule has 1 heterocycles. The van der Waals surface area contributed by atoms with Gasteiger partial charge in [-0.15, -0.1) is 0 Å². The van der Waals surface area contributed by atoms with Gasteiger partial charge in [0.05, 0.1) is 11.4 Å². The van der Waals surface area contributed by atoms with E-state index >= 15 is 0 Å². The standard InChI is InChI=1S/C8H9ClN2/c1-5-4-10-7(6-2-3-6)8(9)11-5/h4,6H,2-3H2,1H3. The number of halogens is 1. The summed E-state index contributed by atoms with van der Waals surface area (Å²) in [6, 6.07) is 0. The highest BCUT2D eigenvalue weighted by molar-refractivity contribution is 6.30. The molecule has 58 valence electrons. The molecular weight excluding hydrogens is 160 g/mol. The molecule has 0 saturated heterocycles. The minimum absolute atomic E-state index is 0.590. The fraction of sp³-hybridized carbons (Fsp3) is 0.500. The van der Waals surface area contributed by atoms with Crippen molar-refractivity contribution in [3.8, 4) is 0 Å². The molecule has 0 amide bonds. The largest absolute Gasteiger partial charge is 0.256 e. The molecule has 1 saturated carbocycles. The van der Waals surface area contributed by atoms with Gasteiger partial charge in [-0.05, 0) is 19.8 Å². The van der Waals surface area contributed by atoms with Crippen LogP contribution in [0.3, 0.4) is 0 Å². The van der Waals surface area contributed by atoms with Gasteiger partial charge in [-0.3, -0.25) is 4.98 Å². The SMILES string of the molecule is Cc1cnc(C2CC2)c(Cl)n1. The first-order chi connectivity index (χ1) is 5.27. The van der Waals surface area contributed by atoms with Crippen LogP contribution in [0.25, 0.3) is 0 Å². The highest BCUT2D eigenvalue weighted by atomic mass is 35.5. The number of rotatable bonds is 1. The van der Waals surface area contributed by atoms with Gasteiger partial charge >= 0.3 is 0 Å². The van der Waals surface area contributed by atoms with Crippen molar-refractivity contribution >= 4 is 11.6 Å². The van der Waals surface area contributed by atoms with Crippen molar-refractivity contribution < 1.29 is 0 Å². The molecule has 2 nitrogen and oxygen atoms in total. The maximum atomic E-state index is 5.89. The molecular formula is C8H9ClN2. The predicted octanol–water partition coefficient (Wildman–Crippen LogP) is 2.32. The van der Waals surface area contributed by atoms with Crippen LogP contribution in [-0.2, 0) is 0 Å². The average Bonchev–Trinajstić information content (AvgIpc) is 2.70. The monoisotopic (exact) mass is 168 g/mol. The summed E-state index contributed by atoms with van der Waals surface area (Å²) in [5.41, 5.74) is 1.87. The smallest absolute Gasteiger partial charge is 0.151 e. The normalized spacial score (nSPS) is 16.9. The molecule has 1 aliphatic carbocycles. The van der Waals surface area contributed by atoms with Gasteiger partial charge in [0.15, 0.2) is 5.15 Å². The number of hydrogen-bond acceptors (Lipinski definition) is 2. The molecule has 0 aromatic carbocycles. The van der Waals surface area contributed by atoms with Crippen LogP contribution < -0.4 is 0 Å². The lowest BCUT2D eigenvalue weighted by atomic mass is 10.3. The van der Waals surface area contributed by atoms with Gasteiger partial charge in [-0.1, -0.05) is 11.6 Å². The summed E-state index contributed by atoms with van der Waals surface area (Å²) in [4.78, 5) is 8.38. The summed E-state index contributed by atoms with van der Waals surface area (Å²) in [5, 5.41) is 0.590. The predicted molar refractivity (Wildman–Crippen MR) is 43.8 cm³/mol. The van der Waals surface area contributed by atoms with Crippen LogP contribution in [0.4, 0.5) is 0 Å². The third-order valence-corrected chi connectivity index (χ3v) is 2.12. The minimum Gasteiger partial charge on any atom is -0.256 e. The molecule has 1 aliphatic rings. The van der Waals surface area contributed by atoms with Gasteiger partial charge in [0.25, 0.3) is 0 Å². The Morgan fingerprint density at radius 1 is 1.55 bits per heavy atom. The topological polar surface area (TPSA) is 25.8 Å². The van der Waals surface area contributed by atoms with Crippen molar-refractivity contribution in [1.29, 1.82) is 0 Å². The maximum absolute atomic E-state index is 5.89. The van der Waals surface area contributed by atoms with E-state index in [0.29, 0.717) is 11.1 Å². The van der Waals surface area contributed by atoms with Gasteiger partial charge < -0.3 is 0 Å². The van der Waals surface area contributed by atoms with Gasteiger partial charge in [0.1, 0.15) is 0 Å². The van der Waals surface area contributed by atoms with E-state index in [0.717, 1.165) is 11.4 Å². The van der Waals surface area contributed by atoms with E-state index in [9.17, 15) is 0 Å². The molecule has 0 bridgehead atoms.